The zero-order chi connectivity index (χ0) is 14.9. The number of fused-ring (bicyclic) bond motifs is 1. The first-order valence-corrected chi connectivity index (χ1v) is 7.93. The van der Waals surface area contributed by atoms with Crippen molar-refractivity contribution in [1.82, 2.24) is 9.71 Å². The van der Waals surface area contributed by atoms with Gasteiger partial charge in [-0.25, -0.2) is 13.1 Å². The number of anilines is 1. The van der Waals surface area contributed by atoms with Gasteiger partial charge in [-0.1, -0.05) is 0 Å². The molecule has 0 unspecified atom stereocenters. The standard InChI is InChI=1S/C14H15N3O3S/c15-10-3-4-12-13(8-10)16-9-14(12)21(18,19)17-6-5-11-2-1-7-20-11/h1-4,7-9,16-17H,5-6,15H2. The summed E-state index contributed by atoms with van der Waals surface area (Å²) in [5.74, 6) is 0.740. The number of hydrogen-bond acceptors (Lipinski definition) is 4. The van der Waals surface area contributed by atoms with Crippen molar-refractivity contribution < 1.29 is 12.8 Å². The van der Waals surface area contributed by atoms with Crippen molar-refractivity contribution >= 4 is 26.6 Å². The second-order valence-corrected chi connectivity index (χ2v) is 6.42. The predicted molar refractivity (Wildman–Crippen MR) is 80.3 cm³/mol. The molecule has 1 aromatic carbocycles. The number of furan rings is 1. The lowest BCUT2D eigenvalue weighted by Gasteiger charge is -2.05. The highest BCUT2D eigenvalue weighted by atomic mass is 32.2. The molecule has 0 bridgehead atoms. The van der Waals surface area contributed by atoms with Crippen LogP contribution in [0, 0.1) is 0 Å². The second kappa shape index (κ2) is 5.27. The van der Waals surface area contributed by atoms with Crippen molar-refractivity contribution in [3.8, 4) is 0 Å². The van der Waals surface area contributed by atoms with Crippen LogP contribution in [-0.4, -0.2) is 19.9 Å². The summed E-state index contributed by atoms with van der Waals surface area (Å²) in [5, 5.41) is 0.620. The van der Waals surface area contributed by atoms with E-state index in [4.69, 9.17) is 10.2 Å². The quantitative estimate of drug-likeness (QED) is 0.626. The number of aromatic amines is 1. The molecule has 0 saturated carbocycles. The lowest BCUT2D eigenvalue weighted by Crippen LogP contribution is -2.25. The molecule has 0 aliphatic heterocycles. The van der Waals surface area contributed by atoms with Gasteiger partial charge in [0.25, 0.3) is 0 Å². The van der Waals surface area contributed by atoms with Crippen molar-refractivity contribution in [3.63, 3.8) is 0 Å². The molecule has 4 N–H and O–H groups in total. The van der Waals surface area contributed by atoms with Gasteiger partial charge in [0.05, 0.1) is 6.26 Å². The molecule has 0 atom stereocenters. The third kappa shape index (κ3) is 2.79. The highest BCUT2D eigenvalue weighted by molar-refractivity contribution is 7.89. The summed E-state index contributed by atoms with van der Waals surface area (Å²) in [6.45, 7) is 0.275. The Morgan fingerprint density at radius 3 is 2.90 bits per heavy atom. The molecule has 3 aromatic rings. The second-order valence-electron chi connectivity index (χ2n) is 4.69. The molecule has 0 spiro atoms. The van der Waals surface area contributed by atoms with Crippen LogP contribution in [0.1, 0.15) is 5.76 Å². The lowest BCUT2D eigenvalue weighted by molar-refractivity contribution is 0.506. The summed E-state index contributed by atoms with van der Waals surface area (Å²) in [6, 6.07) is 8.66. The minimum atomic E-state index is -3.57. The van der Waals surface area contributed by atoms with E-state index in [1.54, 1.807) is 30.5 Å². The van der Waals surface area contributed by atoms with Crippen molar-refractivity contribution in [2.75, 3.05) is 12.3 Å². The molecule has 0 amide bonds. The third-order valence-corrected chi connectivity index (χ3v) is 4.70. The van der Waals surface area contributed by atoms with Crippen molar-refractivity contribution in [2.24, 2.45) is 0 Å². The Morgan fingerprint density at radius 2 is 2.14 bits per heavy atom. The molecular weight excluding hydrogens is 290 g/mol. The Labute approximate surface area is 122 Å². The van der Waals surface area contributed by atoms with E-state index in [2.05, 4.69) is 9.71 Å². The van der Waals surface area contributed by atoms with Gasteiger partial charge in [0.1, 0.15) is 10.7 Å². The molecule has 0 aliphatic rings. The summed E-state index contributed by atoms with van der Waals surface area (Å²) in [6.07, 6.45) is 3.54. The third-order valence-electron chi connectivity index (χ3n) is 3.20. The van der Waals surface area contributed by atoms with Crippen molar-refractivity contribution in [3.05, 3.63) is 48.6 Å². The van der Waals surface area contributed by atoms with Gasteiger partial charge >= 0.3 is 0 Å². The molecule has 0 radical (unpaired) electrons. The summed E-state index contributed by atoms with van der Waals surface area (Å²) in [5.41, 5.74) is 6.96. The normalized spacial score (nSPS) is 12.0. The van der Waals surface area contributed by atoms with Gasteiger partial charge in [0.15, 0.2) is 0 Å². The maximum Gasteiger partial charge on any atom is 0.242 e. The summed E-state index contributed by atoms with van der Waals surface area (Å²) >= 11 is 0. The Balaban J connectivity index is 1.80. The number of nitrogens with two attached hydrogens (primary N) is 1. The van der Waals surface area contributed by atoms with Crippen LogP contribution in [0.3, 0.4) is 0 Å². The Morgan fingerprint density at radius 1 is 1.29 bits per heavy atom. The summed E-state index contributed by atoms with van der Waals surface area (Å²) < 4.78 is 32.4. The van der Waals surface area contributed by atoms with Gasteiger partial charge in [-0.2, -0.15) is 0 Å². The molecule has 2 heterocycles. The van der Waals surface area contributed by atoms with E-state index in [9.17, 15) is 8.42 Å². The van der Waals surface area contributed by atoms with Crippen LogP contribution in [0.15, 0.2) is 52.1 Å². The fourth-order valence-corrected chi connectivity index (χ4v) is 3.39. The highest BCUT2D eigenvalue weighted by Crippen LogP contribution is 2.24. The van der Waals surface area contributed by atoms with Gasteiger partial charge in [-0.05, 0) is 30.3 Å². The minimum absolute atomic E-state index is 0.219. The van der Waals surface area contributed by atoms with Crippen LogP contribution < -0.4 is 10.5 Å². The number of H-pyrrole nitrogens is 1. The van der Waals surface area contributed by atoms with E-state index >= 15 is 0 Å². The molecule has 0 aliphatic carbocycles. The highest BCUT2D eigenvalue weighted by Gasteiger charge is 2.18. The molecule has 110 valence electrons. The van der Waals surface area contributed by atoms with Crippen LogP contribution in [0.25, 0.3) is 10.9 Å². The monoisotopic (exact) mass is 305 g/mol. The van der Waals surface area contributed by atoms with E-state index in [0.29, 0.717) is 23.0 Å². The first-order valence-electron chi connectivity index (χ1n) is 6.45. The van der Waals surface area contributed by atoms with Gasteiger partial charge in [-0.3, -0.25) is 0 Å². The van der Waals surface area contributed by atoms with E-state index in [0.717, 1.165) is 5.76 Å². The van der Waals surface area contributed by atoms with Crippen LogP contribution in [0.4, 0.5) is 5.69 Å². The SMILES string of the molecule is Nc1ccc2c(S(=O)(=O)NCCc3ccco3)c[nH]c2c1. The van der Waals surface area contributed by atoms with E-state index < -0.39 is 10.0 Å². The molecule has 21 heavy (non-hydrogen) atoms. The van der Waals surface area contributed by atoms with Crippen LogP contribution >= 0.6 is 0 Å². The average molecular weight is 305 g/mol. The molecule has 7 heteroatoms. The van der Waals surface area contributed by atoms with Gasteiger partial charge < -0.3 is 15.1 Å². The number of rotatable bonds is 5. The predicted octanol–water partition coefficient (Wildman–Crippen LogP) is 1.86. The van der Waals surface area contributed by atoms with Crippen molar-refractivity contribution in [2.45, 2.75) is 11.3 Å². The number of nitrogens with one attached hydrogen (secondary N) is 2. The maximum atomic E-state index is 12.3. The molecule has 0 fully saturated rings. The first kappa shape index (κ1) is 13.7. The lowest BCUT2D eigenvalue weighted by atomic mass is 10.2. The number of hydrogen-bond donors (Lipinski definition) is 3. The van der Waals surface area contributed by atoms with E-state index in [-0.39, 0.29) is 11.4 Å². The summed E-state index contributed by atoms with van der Waals surface area (Å²) in [7, 11) is -3.57. The zero-order valence-electron chi connectivity index (χ0n) is 11.2. The van der Waals surface area contributed by atoms with Crippen LogP contribution in [0.5, 0.6) is 0 Å². The molecule has 0 saturated heterocycles. The van der Waals surface area contributed by atoms with Crippen LogP contribution in [0.2, 0.25) is 0 Å². The number of sulfonamides is 1. The molecular formula is C14H15N3O3S. The largest absolute Gasteiger partial charge is 0.469 e. The number of nitrogen functional groups attached to an aromatic ring is 1. The first-order chi connectivity index (χ1) is 10.1. The average Bonchev–Trinajstić information content (AvgIpc) is 3.06. The fraction of sp³-hybridized carbons (Fsp3) is 0.143. The smallest absolute Gasteiger partial charge is 0.242 e. The number of aromatic nitrogens is 1. The van der Waals surface area contributed by atoms with Gasteiger partial charge in [0.2, 0.25) is 10.0 Å². The summed E-state index contributed by atoms with van der Waals surface area (Å²) in [4.78, 5) is 3.14. The molecule has 2 aromatic heterocycles. The Kier molecular flexibility index (Phi) is 3.44. The topological polar surface area (TPSA) is 101 Å². The zero-order valence-corrected chi connectivity index (χ0v) is 12.0. The molecule has 3 rings (SSSR count). The van der Waals surface area contributed by atoms with Gasteiger partial charge in [0, 0.05) is 35.8 Å². The number of benzene rings is 1. The van der Waals surface area contributed by atoms with E-state index in [1.807, 2.05) is 6.07 Å². The minimum Gasteiger partial charge on any atom is -0.469 e. The van der Waals surface area contributed by atoms with Crippen molar-refractivity contribution in [1.29, 1.82) is 0 Å². The van der Waals surface area contributed by atoms with E-state index in [1.165, 1.54) is 6.20 Å². The Hall–Kier alpha value is -2.25. The van der Waals surface area contributed by atoms with Crippen LogP contribution in [-0.2, 0) is 16.4 Å². The van der Waals surface area contributed by atoms with Gasteiger partial charge in [-0.15, -0.1) is 0 Å². The maximum absolute atomic E-state index is 12.3. The molecule has 6 nitrogen and oxygen atoms in total. The Bertz CT molecular complexity index is 851. The fourth-order valence-electron chi connectivity index (χ4n) is 2.18.